The molecule has 0 radical (unpaired) electrons. The van der Waals surface area contributed by atoms with Gasteiger partial charge in [-0.25, -0.2) is 0 Å². The van der Waals surface area contributed by atoms with Crippen molar-refractivity contribution >= 4 is 15.9 Å². The first-order valence-electron chi connectivity index (χ1n) is 4.17. The summed E-state index contributed by atoms with van der Waals surface area (Å²) in [4.78, 5) is 0. The molecule has 0 spiro atoms. The molecular formula is C9H11BrO2. The number of furan rings is 1. The monoisotopic (exact) mass is 230 g/mol. The Bertz CT molecular complexity index is 251. The van der Waals surface area contributed by atoms with Crippen LogP contribution in [0, 0.1) is 0 Å². The lowest BCUT2D eigenvalue weighted by Crippen LogP contribution is -2.15. The molecule has 0 bridgehead atoms. The predicted octanol–water partition coefficient (Wildman–Crippen LogP) is 2.94. The summed E-state index contributed by atoms with van der Waals surface area (Å²) in [6, 6.07) is 0. The molecule has 0 N–H and O–H groups in total. The van der Waals surface area contributed by atoms with Gasteiger partial charge in [-0.3, -0.25) is 0 Å². The zero-order chi connectivity index (χ0) is 8.39. The van der Waals surface area contributed by atoms with E-state index < -0.39 is 0 Å². The van der Waals surface area contributed by atoms with Crippen LogP contribution in [-0.2, 0) is 4.74 Å². The smallest absolute Gasteiger partial charge is 0.105 e. The lowest BCUT2D eigenvalue weighted by molar-refractivity contribution is 0.0801. The van der Waals surface area contributed by atoms with Gasteiger partial charge in [-0.1, -0.05) is 0 Å². The van der Waals surface area contributed by atoms with Gasteiger partial charge in [0.2, 0.25) is 0 Å². The van der Waals surface area contributed by atoms with Gasteiger partial charge in [-0.05, 0) is 28.8 Å². The standard InChI is InChI=1S/C9H11BrO2/c10-9-6-12-5-8(9)7-2-1-3-11-4-7/h5-7H,1-4H2. The number of hydrogen-bond donors (Lipinski definition) is 0. The van der Waals surface area contributed by atoms with E-state index in [1.807, 2.05) is 6.26 Å². The zero-order valence-electron chi connectivity index (χ0n) is 6.75. The van der Waals surface area contributed by atoms with E-state index in [0.29, 0.717) is 5.92 Å². The number of halogens is 1. The molecule has 2 rings (SSSR count). The van der Waals surface area contributed by atoms with Crippen molar-refractivity contribution in [1.82, 2.24) is 0 Å². The van der Waals surface area contributed by atoms with Crippen molar-refractivity contribution < 1.29 is 9.15 Å². The van der Waals surface area contributed by atoms with Crippen LogP contribution in [-0.4, -0.2) is 13.2 Å². The highest BCUT2D eigenvalue weighted by Crippen LogP contribution is 2.31. The van der Waals surface area contributed by atoms with Gasteiger partial charge in [-0.15, -0.1) is 0 Å². The van der Waals surface area contributed by atoms with E-state index >= 15 is 0 Å². The molecular weight excluding hydrogens is 220 g/mol. The molecule has 66 valence electrons. The summed E-state index contributed by atoms with van der Waals surface area (Å²) in [7, 11) is 0. The van der Waals surface area contributed by atoms with Crippen LogP contribution in [0.25, 0.3) is 0 Å². The van der Waals surface area contributed by atoms with Gasteiger partial charge in [0.15, 0.2) is 0 Å². The van der Waals surface area contributed by atoms with Crippen LogP contribution in [0.4, 0.5) is 0 Å². The van der Waals surface area contributed by atoms with Gasteiger partial charge >= 0.3 is 0 Å². The fourth-order valence-electron chi connectivity index (χ4n) is 1.57. The van der Waals surface area contributed by atoms with Gasteiger partial charge < -0.3 is 9.15 Å². The molecule has 1 unspecified atom stereocenters. The van der Waals surface area contributed by atoms with Gasteiger partial charge in [-0.2, -0.15) is 0 Å². The first kappa shape index (κ1) is 8.32. The third-order valence-corrected chi connectivity index (χ3v) is 2.89. The maximum atomic E-state index is 5.40. The van der Waals surface area contributed by atoms with Crippen LogP contribution in [0.3, 0.4) is 0 Å². The molecule has 1 saturated heterocycles. The summed E-state index contributed by atoms with van der Waals surface area (Å²) in [5, 5.41) is 0. The highest BCUT2D eigenvalue weighted by atomic mass is 79.9. The summed E-state index contributed by atoms with van der Waals surface area (Å²) < 4.78 is 11.6. The molecule has 2 heterocycles. The lowest BCUT2D eigenvalue weighted by Gasteiger charge is -2.20. The molecule has 1 aliphatic heterocycles. The van der Waals surface area contributed by atoms with E-state index in [0.717, 1.165) is 24.1 Å². The average molecular weight is 231 g/mol. The second-order valence-electron chi connectivity index (χ2n) is 3.09. The van der Waals surface area contributed by atoms with Crippen molar-refractivity contribution in [3.63, 3.8) is 0 Å². The van der Waals surface area contributed by atoms with Crippen molar-refractivity contribution in [3.8, 4) is 0 Å². The highest BCUT2D eigenvalue weighted by molar-refractivity contribution is 9.10. The van der Waals surface area contributed by atoms with Crippen molar-refractivity contribution in [2.75, 3.05) is 13.2 Å². The minimum absolute atomic E-state index is 0.520. The Kier molecular flexibility index (Phi) is 2.51. The van der Waals surface area contributed by atoms with Crippen molar-refractivity contribution in [2.24, 2.45) is 0 Å². The van der Waals surface area contributed by atoms with E-state index in [1.54, 1.807) is 6.26 Å². The number of ether oxygens (including phenoxy) is 1. The summed E-state index contributed by atoms with van der Waals surface area (Å²) in [6.07, 6.45) is 5.90. The second-order valence-corrected chi connectivity index (χ2v) is 3.94. The average Bonchev–Trinajstić information content (AvgIpc) is 2.53. The van der Waals surface area contributed by atoms with Gasteiger partial charge in [0.25, 0.3) is 0 Å². The Morgan fingerprint density at radius 3 is 2.92 bits per heavy atom. The Labute approximate surface area is 80.0 Å². The molecule has 1 aromatic heterocycles. The Balaban J connectivity index is 2.13. The van der Waals surface area contributed by atoms with Crippen LogP contribution in [0.2, 0.25) is 0 Å². The molecule has 0 aliphatic carbocycles. The number of rotatable bonds is 1. The van der Waals surface area contributed by atoms with Crippen molar-refractivity contribution in [1.29, 1.82) is 0 Å². The molecule has 0 saturated carbocycles. The first-order valence-corrected chi connectivity index (χ1v) is 4.96. The Morgan fingerprint density at radius 1 is 1.42 bits per heavy atom. The molecule has 3 heteroatoms. The fraction of sp³-hybridized carbons (Fsp3) is 0.556. The van der Waals surface area contributed by atoms with Gasteiger partial charge in [0.05, 0.1) is 17.3 Å². The van der Waals surface area contributed by atoms with Crippen molar-refractivity contribution in [2.45, 2.75) is 18.8 Å². The third-order valence-electron chi connectivity index (χ3n) is 2.24. The van der Waals surface area contributed by atoms with E-state index in [2.05, 4.69) is 15.9 Å². The molecule has 2 nitrogen and oxygen atoms in total. The van der Waals surface area contributed by atoms with Crippen LogP contribution in [0.1, 0.15) is 24.3 Å². The maximum absolute atomic E-state index is 5.40. The molecule has 0 amide bonds. The van der Waals surface area contributed by atoms with Crippen LogP contribution >= 0.6 is 15.9 Å². The largest absolute Gasteiger partial charge is 0.471 e. The summed E-state index contributed by atoms with van der Waals surface area (Å²) in [5.74, 6) is 0.520. The van der Waals surface area contributed by atoms with E-state index in [1.165, 1.54) is 12.0 Å². The highest BCUT2D eigenvalue weighted by Gasteiger charge is 2.19. The minimum Gasteiger partial charge on any atom is -0.471 e. The van der Waals surface area contributed by atoms with Crippen LogP contribution in [0.15, 0.2) is 21.4 Å². The SMILES string of the molecule is Brc1cocc1C1CCCOC1. The summed E-state index contributed by atoms with van der Waals surface area (Å²) >= 11 is 3.45. The second kappa shape index (κ2) is 3.62. The summed E-state index contributed by atoms with van der Waals surface area (Å²) in [5.41, 5.74) is 1.25. The van der Waals surface area contributed by atoms with Crippen molar-refractivity contribution in [3.05, 3.63) is 22.6 Å². The van der Waals surface area contributed by atoms with Gasteiger partial charge in [0.1, 0.15) is 6.26 Å². The van der Waals surface area contributed by atoms with Crippen LogP contribution < -0.4 is 0 Å². The minimum atomic E-state index is 0.520. The first-order chi connectivity index (χ1) is 5.88. The molecule has 0 aromatic carbocycles. The molecule has 1 aromatic rings. The Hall–Kier alpha value is -0.280. The molecule has 1 fully saturated rings. The summed E-state index contributed by atoms with van der Waals surface area (Å²) in [6.45, 7) is 1.74. The fourth-order valence-corrected chi connectivity index (χ4v) is 2.09. The quantitative estimate of drug-likeness (QED) is 0.741. The molecule has 12 heavy (non-hydrogen) atoms. The maximum Gasteiger partial charge on any atom is 0.105 e. The zero-order valence-corrected chi connectivity index (χ0v) is 8.34. The molecule has 1 atom stereocenters. The predicted molar refractivity (Wildman–Crippen MR) is 49.2 cm³/mol. The van der Waals surface area contributed by atoms with E-state index in [4.69, 9.17) is 9.15 Å². The topological polar surface area (TPSA) is 22.4 Å². The van der Waals surface area contributed by atoms with E-state index in [-0.39, 0.29) is 0 Å². The lowest BCUT2D eigenvalue weighted by atomic mass is 9.96. The van der Waals surface area contributed by atoms with Crippen LogP contribution in [0.5, 0.6) is 0 Å². The third kappa shape index (κ3) is 1.57. The normalized spacial score (nSPS) is 24.2. The molecule has 1 aliphatic rings. The Morgan fingerprint density at radius 2 is 2.33 bits per heavy atom. The number of hydrogen-bond acceptors (Lipinski definition) is 2. The van der Waals surface area contributed by atoms with Gasteiger partial charge in [0, 0.05) is 18.1 Å². The van der Waals surface area contributed by atoms with E-state index in [9.17, 15) is 0 Å².